The lowest BCUT2D eigenvalue weighted by atomic mass is 10.0. The Bertz CT molecular complexity index is 938. The predicted molar refractivity (Wildman–Crippen MR) is 226 cm³/mol. The number of rotatable bonds is 36. The van der Waals surface area contributed by atoms with Gasteiger partial charge in [0.1, 0.15) is 0 Å². The van der Waals surface area contributed by atoms with Crippen molar-refractivity contribution in [2.24, 2.45) is 0 Å². The van der Waals surface area contributed by atoms with Crippen LogP contribution in [0.1, 0.15) is 240 Å². The fraction of sp³-hybridized carbons (Fsp3) is 0.818. The summed E-state index contributed by atoms with van der Waals surface area (Å²) >= 11 is 25.7. The molecule has 0 unspecified atom stereocenters. The second-order valence-electron chi connectivity index (χ2n) is 14.9. The molecule has 0 saturated carbocycles. The largest absolute Gasteiger partial charge is 0.462 e. The van der Waals surface area contributed by atoms with Crippen LogP contribution >= 0.6 is 46.4 Å². The van der Waals surface area contributed by atoms with Gasteiger partial charge in [0, 0.05) is 0 Å². The van der Waals surface area contributed by atoms with Crippen molar-refractivity contribution in [2.45, 2.75) is 219 Å². The molecule has 0 N–H and O–H groups in total. The quantitative estimate of drug-likeness (QED) is 0.0385. The highest BCUT2D eigenvalue weighted by molar-refractivity contribution is 6.52. The molecule has 0 aliphatic rings. The molecule has 4 nitrogen and oxygen atoms in total. The van der Waals surface area contributed by atoms with Gasteiger partial charge in [0.2, 0.25) is 0 Å². The molecule has 0 amide bonds. The van der Waals surface area contributed by atoms with Gasteiger partial charge in [-0.05, 0) is 12.8 Å². The van der Waals surface area contributed by atoms with E-state index in [1.165, 1.54) is 167 Å². The molecular formula is C44H74Cl4O4. The van der Waals surface area contributed by atoms with E-state index in [1.807, 2.05) is 0 Å². The van der Waals surface area contributed by atoms with Gasteiger partial charge in [-0.3, -0.25) is 0 Å². The maximum absolute atomic E-state index is 12.9. The number of benzene rings is 1. The molecule has 1 rings (SSSR count). The van der Waals surface area contributed by atoms with Gasteiger partial charge in [0.05, 0.1) is 44.4 Å². The number of halogens is 4. The Morgan fingerprint density at radius 1 is 0.327 bits per heavy atom. The van der Waals surface area contributed by atoms with Gasteiger partial charge in [0.25, 0.3) is 0 Å². The molecule has 1 aromatic carbocycles. The number of carbonyl (C=O) groups is 2. The normalized spacial score (nSPS) is 11.3. The summed E-state index contributed by atoms with van der Waals surface area (Å²) in [5, 5.41) is -0.602. The minimum absolute atomic E-state index is 0.121. The van der Waals surface area contributed by atoms with Crippen LogP contribution in [-0.4, -0.2) is 25.2 Å². The average molecular weight is 809 g/mol. The molecule has 0 heterocycles. The van der Waals surface area contributed by atoms with E-state index in [0.29, 0.717) is 0 Å². The van der Waals surface area contributed by atoms with Gasteiger partial charge in [-0.2, -0.15) is 0 Å². The zero-order valence-corrected chi connectivity index (χ0v) is 36.2. The molecule has 302 valence electrons. The van der Waals surface area contributed by atoms with Crippen LogP contribution in [0.15, 0.2) is 0 Å². The maximum atomic E-state index is 12.9. The lowest BCUT2D eigenvalue weighted by Gasteiger charge is -2.15. The van der Waals surface area contributed by atoms with Crippen molar-refractivity contribution in [3.05, 3.63) is 31.2 Å². The number of ether oxygens (including phenoxy) is 2. The first-order valence-corrected chi connectivity index (χ1v) is 23.1. The van der Waals surface area contributed by atoms with E-state index in [4.69, 9.17) is 55.9 Å². The van der Waals surface area contributed by atoms with Gasteiger partial charge < -0.3 is 9.47 Å². The highest BCUT2D eigenvalue weighted by atomic mass is 35.5. The summed E-state index contributed by atoms with van der Waals surface area (Å²) in [6.07, 6.45) is 40.7. The molecule has 0 radical (unpaired) electrons. The van der Waals surface area contributed by atoms with Crippen LogP contribution in [-0.2, 0) is 9.47 Å². The zero-order chi connectivity index (χ0) is 38.1. The van der Waals surface area contributed by atoms with Crippen molar-refractivity contribution < 1.29 is 19.1 Å². The maximum Gasteiger partial charge on any atom is 0.341 e. The van der Waals surface area contributed by atoms with Crippen LogP contribution in [0.2, 0.25) is 20.1 Å². The smallest absolute Gasteiger partial charge is 0.341 e. The highest BCUT2D eigenvalue weighted by Crippen LogP contribution is 2.42. The molecule has 0 fully saturated rings. The first-order chi connectivity index (χ1) is 25.4. The van der Waals surface area contributed by atoms with E-state index in [9.17, 15) is 9.59 Å². The zero-order valence-electron chi connectivity index (χ0n) is 33.2. The summed E-state index contributed by atoms with van der Waals surface area (Å²) in [7, 11) is 0. The summed E-state index contributed by atoms with van der Waals surface area (Å²) in [6.45, 7) is 5.04. The Labute approximate surface area is 339 Å². The van der Waals surface area contributed by atoms with Crippen molar-refractivity contribution in [2.75, 3.05) is 13.2 Å². The van der Waals surface area contributed by atoms with Crippen LogP contribution in [0.3, 0.4) is 0 Å². The van der Waals surface area contributed by atoms with E-state index < -0.39 is 11.9 Å². The topological polar surface area (TPSA) is 52.6 Å². The fourth-order valence-electron chi connectivity index (χ4n) is 6.76. The van der Waals surface area contributed by atoms with E-state index in [2.05, 4.69) is 13.8 Å². The van der Waals surface area contributed by atoms with Crippen molar-refractivity contribution in [1.82, 2.24) is 0 Å². The van der Waals surface area contributed by atoms with Crippen LogP contribution < -0.4 is 0 Å². The summed E-state index contributed by atoms with van der Waals surface area (Å²) < 4.78 is 10.9. The lowest BCUT2D eigenvalue weighted by Crippen LogP contribution is -2.13. The molecular weight excluding hydrogens is 734 g/mol. The number of hydrogen-bond acceptors (Lipinski definition) is 4. The monoisotopic (exact) mass is 806 g/mol. The van der Waals surface area contributed by atoms with Crippen LogP contribution in [0.4, 0.5) is 0 Å². The molecule has 0 aromatic heterocycles. The van der Waals surface area contributed by atoms with Gasteiger partial charge in [0.15, 0.2) is 0 Å². The predicted octanol–water partition coefficient (Wildman–Crippen LogP) is 17.1. The molecule has 52 heavy (non-hydrogen) atoms. The molecule has 1 aromatic rings. The molecule has 0 spiro atoms. The third kappa shape index (κ3) is 24.0. The Balaban J connectivity index is 2.17. The molecule has 0 aliphatic carbocycles. The average Bonchev–Trinajstić information content (AvgIpc) is 3.13. The summed E-state index contributed by atoms with van der Waals surface area (Å²) in [6, 6.07) is 0. The number of esters is 2. The first kappa shape index (κ1) is 49.3. The highest BCUT2D eigenvalue weighted by Gasteiger charge is 2.29. The lowest BCUT2D eigenvalue weighted by molar-refractivity contribution is 0.0483. The molecule has 0 bridgehead atoms. The van der Waals surface area contributed by atoms with Crippen LogP contribution in [0.5, 0.6) is 0 Å². The van der Waals surface area contributed by atoms with Crippen LogP contribution in [0.25, 0.3) is 0 Å². The standard InChI is InChI=1S/C44H74Cl4O4/c1-3-5-7-9-11-13-15-17-19-21-23-25-27-29-31-33-35-51-43(49)37-39(45)41(47)38(42(48)40(37)46)44(50)52-36-34-32-30-28-26-24-22-20-18-16-14-12-10-8-6-4-2/h3-36H2,1-2H3. The molecule has 0 atom stereocenters. The van der Waals surface area contributed by atoms with Crippen molar-refractivity contribution in [3.8, 4) is 0 Å². The molecule has 8 heteroatoms. The number of unbranched alkanes of at least 4 members (excludes halogenated alkanes) is 30. The van der Waals surface area contributed by atoms with E-state index >= 15 is 0 Å². The van der Waals surface area contributed by atoms with Crippen molar-refractivity contribution >= 4 is 58.3 Å². The Morgan fingerprint density at radius 2 is 0.500 bits per heavy atom. The third-order valence-corrected chi connectivity index (χ3v) is 11.8. The van der Waals surface area contributed by atoms with E-state index in [-0.39, 0.29) is 44.4 Å². The summed E-state index contributed by atoms with van der Waals surface area (Å²) in [5.41, 5.74) is -0.242. The Kier molecular flexibility index (Phi) is 33.0. The van der Waals surface area contributed by atoms with Crippen molar-refractivity contribution in [3.63, 3.8) is 0 Å². The Hall–Kier alpha value is -0.680. The number of carbonyl (C=O) groups excluding carboxylic acids is 2. The third-order valence-electron chi connectivity index (χ3n) is 10.1. The minimum Gasteiger partial charge on any atom is -0.462 e. The van der Waals surface area contributed by atoms with E-state index in [1.54, 1.807) is 0 Å². The van der Waals surface area contributed by atoms with Gasteiger partial charge >= 0.3 is 11.9 Å². The second kappa shape index (κ2) is 34.8. The van der Waals surface area contributed by atoms with E-state index in [0.717, 1.165) is 38.5 Å². The van der Waals surface area contributed by atoms with Crippen molar-refractivity contribution in [1.29, 1.82) is 0 Å². The fourth-order valence-corrected chi connectivity index (χ4v) is 7.93. The minimum atomic E-state index is -0.701. The summed E-state index contributed by atoms with van der Waals surface area (Å²) in [5.74, 6) is -1.40. The van der Waals surface area contributed by atoms with Gasteiger partial charge in [-0.25, -0.2) is 9.59 Å². The van der Waals surface area contributed by atoms with Crippen LogP contribution in [0, 0.1) is 0 Å². The second-order valence-corrected chi connectivity index (χ2v) is 16.4. The Morgan fingerprint density at radius 3 is 0.692 bits per heavy atom. The first-order valence-electron chi connectivity index (χ1n) is 21.6. The van der Waals surface area contributed by atoms with Gasteiger partial charge in [-0.15, -0.1) is 0 Å². The molecule has 0 saturated heterocycles. The number of hydrogen-bond donors (Lipinski definition) is 0. The SMILES string of the molecule is CCCCCCCCCCCCCCCCCCOC(=O)c1c(Cl)c(Cl)c(C(=O)OCCCCCCCCCCCCCCCCCC)c(Cl)c1Cl. The molecule has 0 aliphatic heterocycles. The van der Waals surface area contributed by atoms with Gasteiger partial charge in [-0.1, -0.05) is 253 Å². The summed E-state index contributed by atoms with van der Waals surface area (Å²) in [4.78, 5) is 25.7.